The van der Waals surface area contributed by atoms with Crippen molar-refractivity contribution in [2.24, 2.45) is 0 Å². The van der Waals surface area contributed by atoms with E-state index < -0.39 is 0 Å². The minimum absolute atomic E-state index is 0.0108. The summed E-state index contributed by atoms with van der Waals surface area (Å²) in [5, 5.41) is 8.91. The maximum atomic E-state index is 12.0. The van der Waals surface area contributed by atoms with E-state index in [-0.39, 0.29) is 25.2 Å². The molecule has 1 N–H and O–H groups in total. The van der Waals surface area contributed by atoms with Crippen LogP contribution >= 0.6 is 11.3 Å². The molecular weight excluding hydrogens is 348 g/mol. The maximum absolute atomic E-state index is 12.0. The fourth-order valence-corrected chi connectivity index (χ4v) is 3.25. The number of rotatable bonds is 9. The summed E-state index contributed by atoms with van der Waals surface area (Å²) in [6, 6.07) is 16.1. The molecule has 0 unspecified atom stereocenters. The van der Waals surface area contributed by atoms with Crippen LogP contribution in [0.15, 0.2) is 58.4 Å². The average Bonchev–Trinajstić information content (AvgIpc) is 3.32. The molecule has 0 saturated heterocycles. The molecule has 0 aliphatic rings. The topological polar surface area (TPSA) is 64.4 Å². The number of benzene rings is 1. The Morgan fingerprint density at radius 1 is 1.27 bits per heavy atom. The molecule has 5 nitrogen and oxygen atoms in total. The van der Waals surface area contributed by atoms with Crippen LogP contribution in [0.4, 0.5) is 0 Å². The quantitative estimate of drug-likeness (QED) is 0.617. The Hall–Kier alpha value is -2.44. The number of carbonyl (C=O) groups is 1. The molecule has 3 aromatic rings. The van der Waals surface area contributed by atoms with Gasteiger partial charge < -0.3 is 14.6 Å². The van der Waals surface area contributed by atoms with Crippen molar-refractivity contribution in [3.8, 4) is 10.6 Å². The van der Waals surface area contributed by atoms with E-state index in [1.54, 1.807) is 11.3 Å². The van der Waals surface area contributed by atoms with E-state index in [9.17, 15) is 4.79 Å². The number of hydrogen-bond acceptors (Lipinski definition) is 5. The van der Waals surface area contributed by atoms with Crippen molar-refractivity contribution in [2.45, 2.75) is 32.4 Å². The van der Waals surface area contributed by atoms with Gasteiger partial charge in [0.2, 0.25) is 5.91 Å². The highest BCUT2D eigenvalue weighted by atomic mass is 32.1. The van der Waals surface area contributed by atoms with Crippen LogP contribution in [0.3, 0.4) is 0 Å². The molecule has 0 spiro atoms. The average molecular weight is 370 g/mol. The Morgan fingerprint density at radius 3 is 2.88 bits per heavy atom. The molecule has 0 aliphatic heterocycles. The number of hydrogen-bond donors (Lipinski definition) is 1. The second kappa shape index (κ2) is 9.31. The third kappa shape index (κ3) is 5.54. The summed E-state index contributed by atoms with van der Waals surface area (Å²) in [6.07, 6.45) is 1.83. The summed E-state index contributed by atoms with van der Waals surface area (Å²) in [7, 11) is 0. The van der Waals surface area contributed by atoms with Crippen LogP contribution in [-0.2, 0) is 22.6 Å². The normalized spacial score (nSPS) is 12.0. The Balaban J connectivity index is 1.35. The van der Waals surface area contributed by atoms with Gasteiger partial charge in [0.25, 0.3) is 0 Å². The van der Waals surface area contributed by atoms with Crippen LogP contribution in [0.1, 0.15) is 24.6 Å². The third-order valence-corrected chi connectivity index (χ3v) is 4.81. The molecule has 26 heavy (non-hydrogen) atoms. The molecule has 2 aromatic heterocycles. The number of thiophene rings is 1. The number of carbonyl (C=O) groups excluding carboxylic acids is 1. The molecule has 136 valence electrons. The first-order chi connectivity index (χ1) is 12.7. The van der Waals surface area contributed by atoms with E-state index in [0.29, 0.717) is 5.69 Å². The SMILES string of the molecule is C[C@@H](CCc1ccccc1)NC(=O)COCc1cc(-c2cccs2)on1. The Labute approximate surface area is 157 Å². The molecule has 1 amide bonds. The van der Waals surface area contributed by atoms with Gasteiger partial charge in [0, 0.05) is 12.1 Å². The van der Waals surface area contributed by atoms with Crippen molar-refractivity contribution in [3.63, 3.8) is 0 Å². The van der Waals surface area contributed by atoms with Gasteiger partial charge in [-0.2, -0.15) is 0 Å². The van der Waals surface area contributed by atoms with Crippen LogP contribution in [0.25, 0.3) is 10.6 Å². The number of amides is 1. The molecule has 6 heteroatoms. The maximum Gasteiger partial charge on any atom is 0.246 e. The Morgan fingerprint density at radius 2 is 2.12 bits per heavy atom. The molecule has 0 radical (unpaired) electrons. The lowest BCUT2D eigenvalue weighted by molar-refractivity contribution is -0.126. The van der Waals surface area contributed by atoms with Gasteiger partial charge in [0.05, 0.1) is 11.5 Å². The highest BCUT2D eigenvalue weighted by Gasteiger charge is 2.10. The lowest BCUT2D eigenvalue weighted by Crippen LogP contribution is -2.35. The molecule has 3 rings (SSSR count). The van der Waals surface area contributed by atoms with E-state index in [0.717, 1.165) is 23.5 Å². The molecule has 0 fully saturated rings. The van der Waals surface area contributed by atoms with Crippen molar-refractivity contribution in [1.29, 1.82) is 0 Å². The fourth-order valence-electron chi connectivity index (χ4n) is 2.58. The van der Waals surface area contributed by atoms with Gasteiger partial charge >= 0.3 is 0 Å². The highest BCUT2D eigenvalue weighted by Crippen LogP contribution is 2.25. The molecule has 2 heterocycles. The van der Waals surface area contributed by atoms with Crippen molar-refractivity contribution in [3.05, 3.63) is 65.2 Å². The van der Waals surface area contributed by atoms with Gasteiger partial charge in [-0.3, -0.25) is 4.79 Å². The fraction of sp³-hybridized carbons (Fsp3) is 0.300. The highest BCUT2D eigenvalue weighted by molar-refractivity contribution is 7.13. The predicted octanol–water partition coefficient (Wildman–Crippen LogP) is 4.06. The number of aryl methyl sites for hydroxylation is 1. The molecule has 0 aliphatic carbocycles. The number of nitrogens with one attached hydrogen (secondary N) is 1. The zero-order valence-corrected chi connectivity index (χ0v) is 15.5. The van der Waals surface area contributed by atoms with Gasteiger partial charge in [-0.1, -0.05) is 41.6 Å². The first kappa shape index (κ1) is 18.4. The Kier molecular flexibility index (Phi) is 6.57. The van der Waals surface area contributed by atoms with Gasteiger partial charge in [0.15, 0.2) is 5.76 Å². The number of nitrogens with zero attached hydrogens (tertiary/aromatic N) is 1. The summed E-state index contributed by atoms with van der Waals surface area (Å²) >= 11 is 1.59. The summed E-state index contributed by atoms with van der Waals surface area (Å²) in [6.45, 7) is 2.27. The summed E-state index contributed by atoms with van der Waals surface area (Å²) < 4.78 is 10.7. The molecule has 0 bridgehead atoms. The van der Waals surface area contributed by atoms with Crippen LogP contribution < -0.4 is 5.32 Å². The lowest BCUT2D eigenvalue weighted by Gasteiger charge is -2.13. The summed E-state index contributed by atoms with van der Waals surface area (Å²) in [5.41, 5.74) is 1.95. The van der Waals surface area contributed by atoms with Gasteiger partial charge in [-0.25, -0.2) is 0 Å². The number of ether oxygens (including phenoxy) is 1. The first-order valence-electron chi connectivity index (χ1n) is 8.61. The van der Waals surface area contributed by atoms with E-state index in [1.165, 1.54) is 5.56 Å². The zero-order chi connectivity index (χ0) is 18.2. The van der Waals surface area contributed by atoms with E-state index in [4.69, 9.17) is 9.26 Å². The van der Waals surface area contributed by atoms with Crippen molar-refractivity contribution in [1.82, 2.24) is 10.5 Å². The van der Waals surface area contributed by atoms with Crippen LogP contribution in [0.5, 0.6) is 0 Å². The molecular formula is C20H22N2O3S. The van der Waals surface area contributed by atoms with Gasteiger partial charge in [0.1, 0.15) is 12.3 Å². The lowest BCUT2D eigenvalue weighted by atomic mass is 10.1. The predicted molar refractivity (Wildman–Crippen MR) is 102 cm³/mol. The second-order valence-electron chi connectivity index (χ2n) is 6.15. The largest absolute Gasteiger partial charge is 0.365 e. The van der Waals surface area contributed by atoms with Crippen molar-refractivity contribution < 1.29 is 14.1 Å². The van der Waals surface area contributed by atoms with E-state index >= 15 is 0 Å². The Bertz CT molecular complexity index is 800. The zero-order valence-electron chi connectivity index (χ0n) is 14.7. The van der Waals surface area contributed by atoms with Crippen molar-refractivity contribution >= 4 is 17.2 Å². The smallest absolute Gasteiger partial charge is 0.246 e. The second-order valence-corrected chi connectivity index (χ2v) is 7.09. The molecule has 0 saturated carbocycles. The first-order valence-corrected chi connectivity index (χ1v) is 9.49. The number of aromatic nitrogens is 1. The summed E-state index contributed by atoms with van der Waals surface area (Å²) in [4.78, 5) is 13.0. The monoisotopic (exact) mass is 370 g/mol. The molecule has 1 aromatic carbocycles. The van der Waals surface area contributed by atoms with Gasteiger partial charge in [-0.15, -0.1) is 11.3 Å². The van der Waals surface area contributed by atoms with Gasteiger partial charge in [-0.05, 0) is 36.8 Å². The summed E-state index contributed by atoms with van der Waals surface area (Å²) in [5.74, 6) is 0.602. The molecule has 1 atom stereocenters. The van der Waals surface area contributed by atoms with Crippen LogP contribution in [-0.4, -0.2) is 23.7 Å². The minimum atomic E-state index is -0.118. The van der Waals surface area contributed by atoms with E-state index in [1.807, 2.05) is 48.7 Å². The standard InChI is InChI=1S/C20H22N2O3S/c1-15(9-10-16-6-3-2-4-7-16)21-20(23)14-24-13-17-12-18(25-22-17)19-8-5-11-26-19/h2-8,11-12,15H,9-10,13-14H2,1H3,(H,21,23)/t15-/m0/s1. The van der Waals surface area contributed by atoms with E-state index in [2.05, 4.69) is 22.6 Å². The third-order valence-electron chi connectivity index (χ3n) is 3.92. The van der Waals surface area contributed by atoms with Crippen LogP contribution in [0.2, 0.25) is 0 Å². The van der Waals surface area contributed by atoms with Crippen LogP contribution in [0, 0.1) is 0 Å². The minimum Gasteiger partial charge on any atom is -0.365 e. The van der Waals surface area contributed by atoms with Crippen molar-refractivity contribution in [2.75, 3.05) is 6.61 Å².